The molecular formula is C27H23ClN2O4. The predicted octanol–water partition coefficient (Wildman–Crippen LogP) is 5.37. The molecule has 5 rings (SSSR count). The zero-order valence-electron chi connectivity index (χ0n) is 18.9. The molecule has 0 atom stereocenters. The second kappa shape index (κ2) is 8.88. The molecule has 0 spiro atoms. The van der Waals surface area contributed by atoms with Crippen molar-refractivity contribution in [3.05, 3.63) is 104 Å². The molecule has 0 saturated carbocycles. The largest absolute Gasteiger partial charge is 0.454 e. The van der Waals surface area contributed by atoms with E-state index in [1.165, 1.54) is 0 Å². The van der Waals surface area contributed by atoms with Crippen molar-refractivity contribution < 1.29 is 14.3 Å². The van der Waals surface area contributed by atoms with Gasteiger partial charge in [0.2, 0.25) is 6.79 Å². The number of aromatic nitrogens is 1. The van der Waals surface area contributed by atoms with E-state index in [4.69, 9.17) is 21.1 Å². The highest BCUT2D eigenvalue weighted by Gasteiger charge is 2.21. The summed E-state index contributed by atoms with van der Waals surface area (Å²) in [6.45, 7) is 4.59. The molecule has 6 nitrogen and oxygen atoms in total. The molecule has 1 N–H and O–H groups in total. The van der Waals surface area contributed by atoms with Crippen LogP contribution in [0.15, 0.2) is 65.5 Å². The van der Waals surface area contributed by atoms with Crippen LogP contribution in [0.4, 0.5) is 0 Å². The number of carbonyl (C=O) groups is 1. The lowest BCUT2D eigenvalue weighted by atomic mass is 10.0. The molecule has 1 amide bonds. The van der Waals surface area contributed by atoms with Crippen molar-refractivity contribution in [1.82, 2.24) is 9.88 Å². The van der Waals surface area contributed by atoms with Gasteiger partial charge in [-0.05, 0) is 72.8 Å². The minimum atomic E-state index is -0.222. The van der Waals surface area contributed by atoms with Crippen LogP contribution in [0, 0.1) is 13.8 Å². The smallest absolute Gasteiger partial charge is 0.254 e. The summed E-state index contributed by atoms with van der Waals surface area (Å²) in [6, 6.07) is 18.3. The van der Waals surface area contributed by atoms with Gasteiger partial charge in [-0.3, -0.25) is 9.59 Å². The number of carbonyl (C=O) groups excluding carboxylic acids is 1. The van der Waals surface area contributed by atoms with Gasteiger partial charge in [-0.1, -0.05) is 35.4 Å². The van der Waals surface area contributed by atoms with Gasteiger partial charge in [0, 0.05) is 22.7 Å². The Labute approximate surface area is 201 Å². The summed E-state index contributed by atoms with van der Waals surface area (Å²) in [5.41, 5.74) is 4.53. The molecule has 0 radical (unpaired) electrons. The third kappa shape index (κ3) is 4.37. The van der Waals surface area contributed by atoms with Crippen molar-refractivity contribution in [2.75, 3.05) is 6.79 Å². The molecule has 2 heterocycles. The number of aryl methyl sites for hydroxylation is 2. The highest BCUT2D eigenvalue weighted by atomic mass is 35.5. The zero-order valence-corrected chi connectivity index (χ0v) is 19.6. The van der Waals surface area contributed by atoms with Crippen molar-refractivity contribution in [3.63, 3.8) is 0 Å². The number of nitrogens with zero attached hydrogens (tertiary/aromatic N) is 1. The number of amides is 1. The molecule has 172 valence electrons. The van der Waals surface area contributed by atoms with E-state index >= 15 is 0 Å². The molecule has 0 unspecified atom stereocenters. The van der Waals surface area contributed by atoms with Gasteiger partial charge in [-0.2, -0.15) is 0 Å². The van der Waals surface area contributed by atoms with Crippen LogP contribution < -0.4 is 15.0 Å². The van der Waals surface area contributed by atoms with Crippen LogP contribution in [0.1, 0.15) is 32.6 Å². The molecule has 0 aliphatic carbocycles. The summed E-state index contributed by atoms with van der Waals surface area (Å²) in [5.74, 6) is 1.09. The van der Waals surface area contributed by atoms with Gasteiger partial charge in [0.05, 0.1) is 12.1 Å². The van der Waals surface area contributed by atoms with Gasteiger partial charge in [-0.15, -0.1) is 0 Å². The minimum absolute atomic E-state index is 0.137. The van der Waals surface area contributed by atoms with E-state index in [0.717, 1.165) is 27.6 Å². The van der Waals surface area contributed by atoms with Crippen LogP contribution in [-0.4, -0.2) is 22.6 Å². The second-order valence-electron chi connectivity index (χ2n) is 8.53. The molecule has 0 saturated heterocycles. The summed E-state index contributed by atoms with van der Waals surface area (Å²) < 4.78 is 10.9. The van der Waals surface area contributed by atoms with Crippen LogP contribution in [0.2, 0.25) is 5.02 Å². The Morgan fingerprint density at radius 1 is 1.00 bits per heavy atom. The van der Waals surface area contributed by atoms with E-state index in [1.54, 1.807) is 29.2 Å². The third-order valence-corrected chi connectivity index (χ3v) is 6.14. The lowest BCUT2D eigenvalue weighted by Crippen LogP contribution is -2.32. The van der Waals surface area contributed by atoms with E-state index in [1.807, 2.05) is 50.2 Å². The Morgan fingerprint density at radius 2 is 1.82 bits per heavy atom. The number of ether oxygens (including phenoxy) is 2. The van der Waals surface area contributed by atoms with Crippen LogP contribution >= 0.6 is 11.6 Å². The first-order chi connectivity index (χ1) is 16.4. The van der Waals surface area contributed by atoms with Gasteiger partial charge >= 0.3 is 0 Å². The molecule has 4 aromatic rings. The molecule has 1 aliphatic rings. The summed E-state index contributed by atoms with van der Waals surface area (Å²) in [5, 5.41) is 1.41. The average Bonchev–Trinajstić information content (AvgIpc) is 3.27. The molecule has 7 heteroatoms. The maximum atomic E-state index is 13.5. The number of fused-ring (bicyclic) bond motifs is 2. The number of hydrogen-bond acceptors (Lipinski definition) is 4. The molecular weight excluding hydrogens is 452 g/mol. The Hall–Kier alpha value is -3.77. The summed E-state index contributed by atoms with van der Waals surface area (Å²) in [7, 11) is 0. The number of rotatable bonds is 5. The van der Waals surface area contributed by atoms with Crippen molar-refractivity contribution in [3.8, 4) is 11.5 Å². The quantitative estimate of drug-likeness (QED) is 0.422. The normalized spacial score (nSPS) is 12.2. The van der Waals surface area contributed by atoms with Crippen LogP contribution in [0.5, 0.6) is 11.5 Å². The molecule has 1 aliphatic heterocycles. The number of hydrogen-bond donors (Lipinski definition) is 1. The van der Waals surface area contributed by atoms with Gasteiger partial charge in [-0.25, -0.2) is 0 Å². The van der Waals surface area contributed by atoms with E-state index in [0.29, 0.717) is 27.6 Å². The first-order valence-electron chi connectivity index (χ1n) is 10.9. The Morgan fingerprint density at radius 3 is 2.65 bits per heavy atom. The number of benzene rings is 3. The standard InChI is InChI=1S/C27H23ClN2O4/c1-16-8-17(2)25-20(9-16)11-21(26(31)29-25)14-30(27(32)19-4-3-5-22(28)12-19)13-18-6-7-23-24(10-18)34-15-33-23/h3-12H,13-15H2,1-2H3,(H,29,31). The van der Waals surface area contributed by atoms with E-state index in [2.05, 4.69) is 4.98 Å². The third-order valence-electron chi connectivity index (χ3n) is 5.90. The topological polar surface area (TPSA) is 71.6 Å². The fourth-order valence-corrected chi connectivity index (χ4v) is 4.51. The van der Waals surface area contributed by atoms with E-state index < -0.39 is 0 Å². The van der Waals surface area contributed by atoms with E-state index in [9.17, 15) is 9.59 Å². The molecule has 0 fully saturated rings. The summed E-state index contributed by atoms with van der Waals surface area (Å²) >= 11 is 6.14. The monoisotopic (exact) mass is 474 g/mol. The summed E-state index contributed by atoms with van der Waals surface area (Å²) in [4.78, 5) is 31.1. The zero-order chi connectivity index (χ0) is 23.8. The summed E-state index contributed by atoms with van der Waals surface area (Å²) in [6.07, 6.45) is 0. The fraction of sp³-hybridized carbons (Fsp3) is 0.185. The number of nitrogens with one attached hydrogen (secondary N) is 1. The molecule has 0 bridgehead atoms. The predicted molar refractivity (Wildman–Crippen MR) is 132 cm³/mol. The lowest BCUT2D eigenvalue weighted by Gasteiger charge is -2.23. The van der Waals surface area contributed by atoms with Crippen LogP contribution in [0.3, 0.4) is 0 Å². The van der Waals surface area contributed by atoms with Crippen LogP contribution in [-0.2, 0) is 13.1 Å². The fourth-order valence-electron chi connectivity index (χ4n) is 4.32. The number of halogens is 1. The lowest BCUT2D eigenvalue weighted by molar-refractivity contribution is 0.0729. The number of aromatic amines is 1. The Bertz CT molecular complexity index is 1480. The minimum Gasteiger partial charge on any atom is -0.454 e. The second-order valence-corrected chi connectivity index (χ2v) is 8.97. The number of pyridine rings is 1. The van der Waals surface area contributed by atoms with Gasteiger partial charge in [0.15, 0.2) is 11.5 Å². The van der Waals surface area contributed by atoms with Crippen molar-refractivity contribution in [2.24, 2.45) is 0 Å². The van der Waals surface area contributed by atoms with Crippen molar-refractivity contribution in [2.45, 2.75) is 26.9 Å². The highest BCUT2D eigenvalue weighted by Crippen LogP contribution is 2.33. The first-order valence-corrected chi connectivity index (χ1v) is 11.3. The molecule has 3 aromatic carbocycles. The molecule has 1 aromatic heterocycles. The Balaban J connectivity index is 1.53. The first kappa shape index (κ1) is 22.0. The van der Waals surface area contributed by atoms with E-state index in [-0.39, 0.29) is 31.3 Å². The van der Waals surface area contributed by atoms with Gasteiger partial charge in [0.1, 0.15) is 0 Å². The number of H-pyrrole nitrogens is 1. The SMILES string of the molecule is Cc1cc(C)c2[nH]c(=O)c(CN(Cc3ccc4c(c3)OCO4)C(=O)c3cccc(Cl)c3)cc2c1. The average molecular weight is 475 g/mol. The Kier molecular flexibility index (Phi) is 5.75. The molecule has 34 heavy (non-hydrogen) atoms. The maximum absolute atomic E-state index is 13.5. The van der Waals surface area contributed by atoms with Gasteiger partial charge in [0.25, 0.3) is 11.5 Å². The van der Waals surface area contributed by atoms with Gasteiger partial charge < -0.3 is 19.4 Å². The maximum Gasteiger partial charge on any atom is 0.254 e. The van der Waals surface area contributed by atoms with Crippen molar-refractivity contribution in [1.29, 1.82) is 0 Å². The highest BCUT2D eigenvalue weighted by molar-refractivity contribution is 6.30. The van der Waals surface area contributed by atoms with Crippen molar-refractivity contribution >= 4 is 28.4 Å². The van der Waals surface area contributed by atoms with Crippen LogP contribution in [0.25, 0.3) is 10.9 Å².